The van der Waals surface area contributed by atoms with E-state index in [0.29, 0.717) is 19.0 Å². The molecule has 146 valence electrons. The second-order valence-corrected chi connectivity index (χ2v) is 7.72. The summed E-state index contributed by atoms with van der Waals surface area (Å²) >= 11 is 0. The van der Waals surface area contributed by atoms with Crippen LogP contribution >= 0.6 is 0 Å². The molecule has 0 aromatic carbocycles. The van der Waals surface area contributed by atoms with E-state index in [4.69, 9.17) is 0 Å². The Labute approximate surface area is 161 Å². The van der Waals surface area contributed by atoms with Gasteiger partial charge in [0.05, 0.1) is 0 Å². The topological polar surface area (TPSA) is 34.0 Å². The molecule has 1 saturated heterocycles. The number of aromatic nitrogens is 3. The fourth-order valence-electron chi connectivity index (χ4n) is 4.69. The van der Waals surface area contributed by atoms with Gasteiger partial charge in [0.2, 0.25) is 0 Å². The normalized spacial score (nSPS) is 19.8. The van der Waals surface area contributed by atoms with Crippen molar-refractivity contribution >= 4 is 11.0 Å². The Bertz CT molecular complexity index is 1010. The van der Waals surface area contributed by atoms with Gasteiger partial charge in [-0.15, -0.1) is 0 Å². The summed E-state index contributed by atoms with van der Waals surface area (Å²) in [5.41, 5.74) is 3.65. The van der Waals surface area contributed by atoms with Crippen LogP contribution in [0.15, 0.2) is 36.7 Å². The van der Waals surface area contributed by atoms with Crippen LogP contribution in [0.1, 0.15) is 35.4 Å². The lowest BCUT2D eigenvalue weighted by molar-refractivity contribution is -0.141. The summed E-state index contributed by atoms with van der Waals surface area (Å²) in [6, 6.07) is 7.30. The SMILES string of the molecule is FC(F)(F)c1ccc(CCn2c3c(c4cccnc42)CN2CCCC2C3)cn1. The van der Waals surface area contributed by atoms with Crippen molar-refractivity contribution in [1.82, 2.24) is 19.4 Å². The van der Waals surface area contributed by atoms with E-state index >= 15 is 0 Å². The standard InChI is InChI=1S/C21H21F3N4/c22-21(23,24)19-6-5-14(12-26-19)7-10-28-18-11-15-3-2-9-27(15)13-17(18)16-4-1-8-25-20(16)28/h1,4-6,8,12,15H,2-3,7,9-11,13H2. The largest absolute Gasteiger partial charge is 0.433 e. The van der Waals surface area contributed by atoms with E-state index in [0.717, 1.165) is 36.8 Å². The average Bonchev–Trinajstić information content (AvgIpc) is 3.26. The first-order valence-electron chi connectivity index (χ1n) is 9.72. The number of hydrogen-bond donors (Lipinski definition) is 0. The molecule has 1 atom stereocenters. The van der Waals surface area contributed by atoms with E-state index < -0.39 is 11.9 Å². The van der Waals surface area contributed by atoms with Gasteiger partial charge >= 0.3 is 6.18 Å². The molecule has 0 aliphatic carbocycles. The Balaban J connectivity index is 1.45. The maximum absolute atomic E-state index is 12.7. The third-order valence-corrected chi connectivity index (χ3v) is 6.07. The number of hydrogen-bond acceptors (Lipinski definition) is 3. The van der Waals surface area contributed by atoms with Crippen LogP contribution in [-0.4, -0.2) is 32.0 Å². The monoisotopic (exact) mass is 386 g/mol. The second-order valence-electron chi connectivity index (χ2n) is 7.72. The van der Waals surface area contributed by atoms with E-state index in [1.165, 1.54) is 41.7 Å². The molecule has 0 bridgehead atoms. The summed E-state index contributed by atoms with van der Waals surface area (Å²) in [7, 11) is 0. The van der Waals surface area contributed by atoms with Crippen LogP contribution < -0.4 is 0 Å². The highest BCUT2D eigenvalue weighted by molar-refractivity contribution is 5.82. The Morgan fingerprint density at radius 1 is 1.14 bits per heavy atom. The van der Waals surface area contributed by atoms with Gasteiger partial charge in [0.25, 0.3) is 0 Å². The number of alkyl halides is 3. The Morgan fingerprint density at radius 3 is 2.82 bits per heavy atom. The van der Waals surface area contributed by atoms with Crippen molar-refractivity contribution in [3.8, 4) is 0 Å². The molecule has 2 aliphatic heterocycles. The lowest BCUT2D eigenvalue weighted by Gasteiger charge is -2.30. The lowest BCUT2D eigenvalue weighted by atomic mass is 9.99. The molecule has 1 fully saturated rings. The van der Waals surface area contributed by atoms with E-state index in [1.807, 2.05) is 12.3 Å². The minimum atomic E-state index is -4.40. The molecule has 0 spiro atoms. The van der Waals surface area contributed by atoms with Crippen LogP contribution in [0.4, 0.5) is 13.2 Å². The predicted molar refractivity (Wildman–Crippen MR) is 99.8 cm³/mol. The van der Waals surface area contributed by atoms with Gasteiger partial charge in [0, 0.05) is 49.0 Å². The van der Waals surface area contributed by atoms with Crippen molar-refractivity contribution < 1.29 is 13.2 Å². The first-order valence-corrected chi connectivity index (χ1v) is 9.72. The quantitative estimate of drug-likeness (QED) is 0.676. The van der Waals surface area contributed by atoms with Crippen LogP contribution in [0.3, 0.4) is 0 Å². The third-order valence-electron chi connectivity index (χ3n) is 6.07. The van der Waals surface area contributed by atoms with Crippen LogP contribution in [0.25, 0.3) is 11.0 Å². The van der Waals surface area contributed by atoms with Gasteiger partial charge in [-0.25, -0.2) is 4.98 Å². The maximum atomic E-state index is 12.7. The summed E-state index contributed by atoms with van der Waals surface area (Å²) in [5.74, 6) is 0. The summed E-state index contributed by atoms with van der Waals surface area (Å²) in [6.45, 7) is 2.83. The number of nitrogens with zero attached hydrogens (tertiary/aromatic N) is 4. The van der Waals surface area contributed by atoms with Gasteiger partial charge in [0.1, 0.15) is 11.3 Å². The molecule has 3 aromatic heterocycles. The highest BCUT2D eigenvalue weighted by Gasteiger charge is 2.34. The average molecular weight is 386 g/mol. The number of aryl methyl sites for hydroxylation is 2. The molecule has 5 rings (SSSR count). The summed E-state index contributed by atoms with van der Waals surface area (Å²) in [5, 5.41) is 1.20. The fraction of sp³-hybridized carbons (Fsp3) is 0.429. The molecule has 4 nitrogen and oxygen atoms in total. The van der Waals surface area contributed by atoms with Gasteiger partial charge in [-0.1, -0.05) is 6.07 Å². The molecular formula is C21H21F3N4. The number of pyridine rings is 2. The summed E-state index contributed by atoms with van der Waals surface area (Å²) in [6.07, 6.45) is 2.90. The van der Waals surface area contributed by atoms with Crippen molar-refractivity contribution in [2.45, 2.75) is 51.0 Å². The zero-order valence-corrected chi connectivity index (χ0v) is 15.4. The zero-order chi connectivity index (χ0) is 19.3. The van der Waals surface area contributed by atoms with Crippen molar-refractivity contribution in [2.75, 3.05) is 6.54 Å². The Kier molecular flexibility index (Phi) is 4.16. The molecular weight excluding hydrogens is 365 g/mol. The summed E-state index contributed by atoms with van der Waals surface area (Å²) < 4.78 is 40.4. The first kappa shape index (κ1) is 17.7. The van der Waals surface area contributed by atoms with Crippen molar-refractivity contribution in [2.24, 2.45) is 0 Å². The van der Waals surface area contributed by atoms with Crippen molar-refractivity contribution in [3.05, 3.63) is 59.2 Å². The van der Waals surface area contributed by atoms with E-state index in [-0.39, 0.29) is 0 Å². The third kappa shape index (κ3) is 2.98. The lowest BCUT2D eigenvalue weighted by Crippen LogP contribution is -2.35. The minimum Gasteiger partial charge on any atom is -0.329 e. The molecule has 3 aromatic rings. The van der Waals surface area contributed by atoms with Crippen LogP contribution in [-0.2, 0) is 32.1 Å². The molecule has 0 N–H and O–H groups in total. The highest BCUT2D eigenvalue weighted by atomic mass is 19.4. The van der Waals surface area contributed by atoms with Crippen LogP contribution in [0, 0.1) is 0 Å². The molecule has 0 amide bonds. The molecule has 2 aliphatic rings. The van der Waals surface area contributed by atoms with E-state index in [2.05, 4.69) is 25.5 Å². The fourth-order valence-corrected chi connectivity index (χ4v) is 4.69. The molecule has 28 heavy (non-hydrogen) atoms. The number of halogens is 3. The van der Waals surface area contributed by atoms with Crippen molar-refractivity contribution in [1.29, 1.82) is 0 Å². The highest BCUT2D eigenvalue weighted by Crippen LogP contribution is 2.36. The van der Waals surface area contributed by atoms with E-state index in [1.54, 1.807) is 0 Å². The second kappa shape index (κ2) is 6.58. The molecule has 0 radical (unpaired) electrons. The maximum Gasteiger partial charge on any atom is 0.433 e. The minimum absolute atomic E-state index is 0.600. The van der Waals surface area contributed by atoms with Gasteiger partial charge < -0.3 is 4.57 Å². The van der Waals surface area contributed by atoms with Gasteiger partial charge in [-0.05, 0) is 55.1 Å². The van der Waals surface area contributed by atoms with Crippen molar-refractivity contribution in [3.63, 3.8) is 0 Å². The predicted octanol–water partition coefficient (Wildman–Crippen LogP) is 4.21. The number of rotatable bonds is 3. The molecule has 5 heterocycles. The molecule has 7 heteroatoms. The zero-order valence-electron chi connectivity index (χ0n) is 15.4. The Hall–Kier alpha value is -2.41. The van der Waals surface area contributed by atoms with Gasteiger partial charge in [-0.3, -0.25) is 9.88 Å². The smallest absolute Gasteiger partial charge is 0.329 e. The Morgan fingerprint density at radius 2 is 2.04 bits per heavy atom. The molecule has 0 saturated carbocycles. The van der Waals surface area contributed by atoms with Crippen LogP contribution in [0.2, 0.25) is 0 Å². The molecule has 1 unspecified atom stereocenters. The van der Waals surface area contributed by atoms with E-state index in [9.17, 15) is 13.2 Å². The van der Waals surface area contributed by atoms with Crippen LogP contribution in [0.5, 0.6) is 0 Å². The first-order chi connectivity index (χ1) is 13.5. The van der Waals surface area contributed by atoms with Gasteiger partial charge in [-0.2, -0.15) is 13.2 Å². The number of fused-ring (bicyclic) bond motifs is 4. The summed E-state index contributed by atoms with van der Waals surface area (Å²) in [4.78, 5) is 10.8. The van der Waals surface area contributed by atoms with Gasteiger partial charge in [0.15, 0.2) is 0 Å².